The van der Waals surface area contributed by atoms with Crippen molar-refractivity contribution < 1.29 is 18.7 Å². The molecule has 150 valence electrons. The highest BCUT2D eigenvalue weighted by Gasteiger charge is 2.34. The number of hydrogen-bond donors (Lipinski definition) is 1. The minimum atomic E-state index is -0.912. The van der Waals surface area contributed by atoms with Gasteiger partial charge in [0.2, 0.25) is 5.91 Å². The van der Waals surface area contributed by atoms with Crippen LogP contribution >= 0.6 is 11.5 Å². The first-order valence-corrected chi connectivity index (χ1v) is 10.1. The summed E-state index contributed by atoms with van der Waals surface area (Å²) in [6.45, 7) is 0.435. The van der Waals surface area contributed by atoms with E-state index in [1.807, 2.05) is 0 Å². The van der Waals surface area contributed by atoms with Gasteiger partial charge < -0.3 is 15.0 Å². The summed E-state index contributed by atoms with van der Waals surface area (Å²) >= 11 is 1.06. The quantitative estimate of drug-likeness (QED) is 0.728. The minimum absolute atomic E-state index is 0.0933. The summed E-state index contributed by atoms with van der Waals surface area (Å²) in [7, 11) is 1.53. The van der Waals surface area contributed by atoms with Crippen LogP contribution in [0, 0.1) is 5.82 Å². The maximum Gasteiger partial charge on any atom is 0.276 e. The van der Waals surface area contributed by atoms with E-state index in [0.717, 1.165) is 37.2 Å². The van der Waals surface area contributed by atoms with E-state index in [2.05, 4.69) is 14.9 Å². The SMILES string of the molecule is COCCN(C(=O)c1csnn1)[C@H](C(=O)NC1CCCC1)c1ccc(F)cc1. The summed E-state index contributed by atoms with van der Waals surface area (Å²) in [6, 6.07) is 4.81. The summed E-state index contributed by atoms with van der Waals surface area (Å²) in [6.07, 6.45) is 3.99. The van der Waals surface area contributed by atoms with E-state index in [1.165, 1.54) is 36.3 Å². The average molecular weight is 406 g/mol. The van der Waals surface area contributed by atoms with Gasteiger partial charge in [-0.15, -0.1) is 5.10 Å². The fraction of sp³-hybridized carbons (Fsp3) is 0.474. The third-order valence-electron chi connectivity index (χ3n) is 4.82. The Balaban J connectivity index is 1.93. The topological polar surface area (TPSA) is 84.4 Å². The Bertz CT molecular complexity index is 779. The van der Waals surface area contributed by atoms with Gasteiger partial charge in [-0.1, -0.05) is 29.5 Å². The van der Waals surface area contributed by atoms with Crippen LogP contribution in [-0.4, -0.2) is 52.6 Å². The van der Waals surface area contributed by atoms with Gasteiger partial charge >= 0.3 is 0 Å². The van der Waals surface area contributed by atoms with Gasteiger partial charge in [0.25, 0.3) is 5.91 Å². The van der Waals surface area contributed by atoms with Crippen molar-refractivity contribution >= 4 is 23.3 Å². The van der Waals surface area contributed by atoms with E-state index in [4.69, 9.17) is 4.74 Å². The third-order valence-corrected chi connectivity index (χ3v) is 5.33. The lowest BCUT2D eigenvalue weighted by Crippen LogP contribution is -2.47. The van der Waals surface area contributed by atoms with Gasteiger partial charge in [-0.25, -0.2) is 4.39 Å². The lowest BCUT2D eigenvalue weighted by Gasteiger charge is -2.31. The number of carbonyl (C=O) groups excluding carboxylic acids is 2. The second kappa shape index (κ2) is 9.70. The van der Waals surface area contributed by atoms with Gasteiger partial charge in [0.1, 0.15) is 11.9 Å². The van der Waals surface area contributed by atoms with Gasteiger partial charge in [-0.05, 0) is 42.1 Å². The Kier molecular flexibility index (Phi) is 7.05. The zero-order valence-corrected chi connectivity index (χ0v) is 16.5. The van der Waals surface area contributed by atoms with Crippen molar-refractivity contribution in [1.82, 2.24) is 19.8 Å². The fourth-order valence-corrected chi connectivity index (χ4v) is 3.84. The zero-order chi connectivity index (χ0) is 19.9. The van der Waals surface area contributed by atoms with Crippen LogP contribution in [0.5, 0.6) is 0 Å². The molecule has 1 atom stereocenters. The van der Waals surface area contributed by atoms with Crippen molar-refractivity contribution in [2.45, 2.75) is 37.8 Å². The second-order valence-electron chi connectivity index (χ2n) is 6.73. The summed E-state index contributed by atoms with van der Waals surface area (Å²) in [5, 5.41) is 8.43. The molecule has 0 spiro atoms. The molecule has 1 aliphatic rings. The van der Waals surface area contributed by atoms with E-state index >= 15 is 0 Å². The molecule has 9 heteroatoms. The molecule has 0 unspecified atom stereocenters. The molecule has 2 aromatic rings. The predicted molar refractivity (Wildman–Crippen MR) is 102 cm³/mol. The molecule has 1 N–H and O–H groups in total. The number of amides is 2. The highest BCUT2D eigenvalue weighted by Crippen LogP contribution is 2.25. The number of methoxy groups -OCH3 is 1. The molecule has 0 aliphatic heterocycles. The molecule has 1 fully saturated rings. The molecule has 1 aromatic carbocycles. The van der Waals surface area contributed by atoms with Gasteiger partial charge in [0.15, 0.2) is 5.69 Å². The van der Waals surface area contributed by atoms with E-state index in [9.17, 15) is 14.0 Å². The van der Waals surface area contributed by atoms with Crippen molar-refractivity contribution in [2.75, 3.05) is 20.3 Å². The van der Waals surface area contributed by atoms with Crippen molar-refractivity contribution in [3.8, 4) is 0 Å². The first-order chi connectivity index (χ1) is 13.6. The number of rotatable bonds is 8. The Morgan fingerprint density at radius 2 is 2.04 bits per heavy atom. The van der Waals surface area contributed by atoms with Gasteiger partial charge in [0, 0.05) is 25.1 Å². The Morgan fingerprint density at radius 1 is 1.32 bits per heavy atom. The molecule has 1 aliphatic carbocycles. The molecule has 0 radical (unpaired) electrons. The normalized spacial score (nSPS) is 15.4. The number of nitrogens with zero attached hydrogens (tertiary/aromatic N) is 3. The van der Waals surface area contributed by atoms with Crippen LogP contribution < -0.4 is 5.32 Å². The molecule has 1 saturated carbocycles. The van der Waals surface area contributed by atoms with E-state index in [0.29, 0.717) is 5.56 Å². The van der Waals surface area contributed by atoms with Crippen molar-refractivity contribution in [3.63, 3.8) is 0 Å². The lowest BCUT2D eigenvalue weighted by atomic mass is 10.0. The van der Waals surface area contributed by atoms with Gasteiger partial charge in [-0.2, -0.15) is 0 Å². The Labute approximate surface area is 167 Å². The molecule has 1 heterocycles. The Morgan fingerprint density at radius 3 is 2.64 bits per heavy atom. The number of halogens is 1. The van der Waals surface area contributed by atoms with Crippen LogP contribution in [0.25, 0.3) is 0 Å². The predicted octanol–water partition coefficient (Wildman–Crippen LogP) is 2.57. The highest BCUT2D eigenvalue weighted by molar-refractivity contribution is 7.03. The fourth-order valence-electron chi connectivity index (χ4n) is 3.41. The number of carbonyl (C=O) groups is 2. The molecule has 2 amide bonds. The maximum absolute atomic E-state index is 13.4. The van der Waals surface area contributed by atoms with Crippen LogP contribution in [0.4, 0.5) is 4.39 Å². The second-order valence-corrected chi connectivity index (χ2v) is 7.34. The van der Waals surface area contributed by atoms with Crippen molar-refractivity contribution in [2.24, 2.45) is 0 Å². The standard InChI is InChI=1S/C19H23FN4O3S/c1-27-11-10-24(19(26)16-12-28-23-22-16)17(13-6-8-14(20)9-7-13)18(25)21-15-4-2-3-5-15/h6-9,12,15,17H,2-5,10-11H2,1H3,(H,21,25)/t17-/m0/s1. The number of nitrogens with one attached hydrogen (secondary N) is 1. The maximum atomic E-state index is 13.4. The van der Waals surface area contributed by atoms with Crippen LogP contribution in [0.2, 0.25) is 0 Å². The monoisotopic (exact) mass is 406 g/mol. The number of aromatic nitrogens is 2. The number of benzene rings is 1. The van der Waals surface area contributed by atoms with Crippen LogP contribution in [-0.2, 0) is 9.53 Å². The summed E-state index contributed by atoms with van der Waals surface area (Å²) < 4.78 is 22.3. The molecule has 3 rings (SSSR count). The van der Waals surface area contributed by atoms with Gasteiger partial charge in [-0.3, -0.25) is 9.59 Å². The highest BCUT2D eigenvalue weighted by atomic mass is 32.1. The first kappa shape index (κ1) is 20.3. The average Bonchev–Trinajstić information content (AvgIpc) is 3.39. The van der Waals surface area contributed by atoms with Crippen LogP contribution in [0.15, 0.2) is 29.6 Å². The summed E-state index contributed by atoms with van der Waals surface area (Å²) in [4.78, 5) is 27.7. The molecule has 1 aromatic heterocycles. The van der Waals surface area contributed by atoms with Gasteiger partial charge in [0.05, 0.1) is 6.61 Å². The molecule has 0 bridgehead atoms. The zero-order valence-electron chi connectivity index (χ0n) is 15.6. The lowest BCUT2D eigenvalue weighted by molar-refractivity contribution is -0.126. The Hall–Kier alpha value is -2.39. The summed E-state index contributed by atoms with van der Waals surface area (Å²) in [5.41, 5.74) is 0.700. The molecular weight excluding hydrogens is 383 g/mol. The molecular formula is C19H23FN4O3S. The van der Waals surface area contributed by atoms with Crippen LogP contribution in [0.3, 0.4) is 0 Å². The molecule has 28 heavy (non-hydrogen) atoms. The van der Waals surface area contributed by atoms with E-state index in [1.54, 1.807) is 5.38 Å². The van der Waals surface area contributed by atoms with E-state index < -0.39 is 17.8 Å². The first-order valence-electron chi connectivity index (χ1n) is 9.23. The van der Waals surface area contributed by atoms with E-state index in [-0.39, 0.29) is 30.8 Å². The van der Waals surface area contributed by atoms with Crippen molar-refractivity contribution in [1.29, 1.82) is 0 Å². The summed E-state index contributed by atoms with van der Waals surface area (Å²) in [5.74, 6) is -1.11. The number of ether oxygens (including phenoxy) is 1. The largest absolute Gasteiger partial charge is 0.383 e. The number of hydrogen-bond acceptors (Lipinski definition) is 6. The minimum Gasteiger partial charge on any atom is -0.383 e. The molecule has 0 saturated heterocycles. The molecule has 7 nitrogen and oxygen atoms in total. The van der Waals surface area contributed by atoms with Crippen LogP contribution in [0.1, 0.15) is 47.8 Å². The van der Waals surface area contributed by atoms with Crippen molar-refractivity contribution in [3.05, 3.63) is 46.7 Å². The third kappa shape index (κ3) is 4.90. The smallest absolute Gasteiger partial charge is 0.276 e.